The van der Waals surface area contributed by atoms with Crippen LogP contribution in [0, 0.1) is 0 Å². The first-order valence-electron chi connectivity index (χ1n) is 7.12. The molecule has 0 saturated carbocycles. The van der Waals surface area contributed by atoms with E-state index in [4.69, 9.17) is 15.3 Å². The van der Waals surface area contributed by atoms with Crippen molar-refractivity contribution in [2.75, 3.05) is 5.32 Å². The summed E-state index contributed by atoms with van der Waals surface area (Å²) in [5.41, 5.74) is 4.81. The number of rotatable bonds is 6. The molecule has 1 rings (SSSR count). The van der Waals surface area contributed by atoms with Gasteiger partial charge in [-0.15, -0.1) is 11.3 Å². The maximum Gasteiger partial charge on any atom is 0.413 e. The van der Waals surface area contributed by atoms with Crippen LogP contribution in [-0.4, -0.2) is 34.4 Å². The number of oxime groups is 1. The molecule has 0 aromatic carbocycles. The van der Waals surface area contributed by atoms with Crippen LogP contribution in [0.25, 0.3) is 0 Å². The first kappa shape index (κ1) is 18.9. The zero-order valence-electron chi connectivity index (χ0n) is 13.9. The third kappa shape index (κ3) is 6.64. The molecule has 0 aliphatic rings. The SMILES string of the molecule is CCC(C)O/N=C(/C(N)=O)c1csc(NC(=O)OC(C)(C)C)n1. The van der Waals surface area contributed by atoms with Crippen LogP contribution < -0.4 is 11.1 Å². The van der Waals surface area contributed by atoms with Crippen molar-refractivity contribution in [1.29, 1.82) is 0 Å². The molecule has 2 amide bonds. The summed E-state index contributed by atoms with van der Waals surface area (Å²) >= 11 is 1.12. The molecule has 0 aliphatic carbocycles. The smallest absolute Gasteiger partial charge is 0.413 e. The number of thiazole rings is 1. The van der Waals surface area contributed by atoms with Crippen LogP contribution in [0.1, 0.15) is 46.7 Å². The number of amides is 2. The highest BCUT2D eigenvalue weighted by molar-refractivity contribution is 7.14. The van der Waals surface area contributed by atoms with Crippen molar-refractivity contribution in [2.24, 2.45) is 10.9 Å². The summed E-state index contributed by atoms with van der Waals surface area (Å²) in [7, 11) is 0. The number of ether oxygens (including phenoxy) is 1. The lowest BCUT2D eigenvalue weighted by molar-refractivity contribution is -0.112. The van der Waals surface area contributed by atoms with Crippen molar-refractivity contribution in [2.45, 2.75) is 52.7 Å². The summed E-state index contributed by atoms with van der Waals surface area (Å²) in [5.74, 6) is -0.762. The molecule has 1 unspecified atom stereocenters. The minimum Gasteiger partial charge on any atom is -0.444 e. The molecule has 1 heterocycles. The lowest BCUT2D eigenvalue weighted by Crippen LogP contribution is -2.27. The van der Waals surface area contributed by atoms with E-state index in [-0.39, 0.29) is 22.6 Å². The third-order valence-electron chi connectivity index (χ3n) is 2.49. The van der Waals surface area contributed by atoms with Gasteiger partial charge in [0.05, 0.1) is 0 Å². The lowest BCUT2D eigenvalue weighted by Gasteiger charge is -2.18. The van der Waals surface area contributed by atoms with E-state index in [1.54, 1.807) is 26.2 Å². The zero-order valence-corrected chi connectivity index (χ0v) is 14.7. The topological polar surface area (TPSA) is 116 Å². The highest BCUT2D eigenvalue weighted by Gasteiger charge is 2.20. The van der Waals surface area contributed by atoms with Crippen LogP contribution >= 0.6 is 11.3 Å². The van der Waals surface area contributed by atoms with E-state index in [0.29, 0.717) is 0 Å². The summed E-state index contributed by atoms with van der Waals surface area (Å²) in [6.07, 6.45) is -0.0490. The molecule has 1 aromatic heterocycles. The maximum absolute atomic E-state index is 11.7. The van der Waals surface area contributed by atoms with Crippen LogP contribution in [0.2, 0.25) is 0 Å². The van der Waals surface area contributed by atoms with Gasteiger partial charge in [0.1, 0.15) is 17.4 Å². The predicted octanol–water partition coefficient (Wildman–Crippen LogP) is 2.49. The van der Waals surface area contributed by atoms with Crippen LogP contribution in [0.3, 0.4) is 0 Å². The summed E-state index contributed by atoms with van der Waals surface area (Å²) < 4.78 is 5.12. The molecule has 128 valence electrons. The molecule has 0 fully saturated rings. The van der Waals surface area contributed by atoms with Crippen LogP contribution in [0.5, 0.6) is 0 Å². The molecule has 3 N–H and O–H groups in total. The van der Waals surface area contributed by atoms with Crippen molar-refractivity contribution in [3.05, 3.63) is 11.1 Å². The number of hydrogen-bond donors (Lipinski definition) is 2. The largest absolute Gasteiger partial charge is 0.444 e. The van der Waals surface area contributed by atoms with E-state index in [1.807, 2.05) is 13.8 Å². The second-order valence-electron chi connectivity index (χ2n) is 5.79. The molecular formula is C14H22N4O4S. The normalized spacial score (nSPS) is 13.3. The quantitative estimate of drug-likeness (QED) is 0.608. The summed E-state index contributed by atoms with van der Waals surface area (Å²) in [6.45, 7) is 9.01. The summed E-state index contributed by atoms with van der Waals surface area (Å²) in [4.78, 5) is 32.4. The Morgan fingerprint density at radius 2 is 2.13 bits per heavy atom. The third-order valence-corrected chi connectivity index (χ3v) is 3.24. The Kier molecular flexibility index (Phi) is 6.49. The molecule has 0 bridgehead atoms. The van der Waals surface area contributed by atoms with E-state index in [0.717, 1.165) is 17.8 Å². The summed E-state index contributed by atoms with van der Waals surface area (Å²) in [6, 6.07) is 0. The van der Waals surface area contributed by atoms with Crippen molar-refractivity contribution in [3.8, 4) is 0 Å². The Hall–Kier alpha value is -2.16. The number of carbonyl (C=O) groups is 2. The molecule has 0 saturated heterocycles. The van der Waals surface area contributed by atoms with Crippen molar-refractivity contribution >= 4 is 34.2 Å². The predicted molar refractivity (Wildman–Crippen MR) is 88.5 cm³/mol. The Morgan fingerprint density at radius 3 is 2.65 bits per heavy atom. The standard InChI is InChI=1S/C14H22N4O4S/c1-6-8(2)22-18-10(11(15)19)9-7-23-12(16-9)17-13(20)21-14(3,4)5/h7-8H,6H2,1-5H3,(H2,15,19)(H,16,17,20)/b18-10+. The van der Waals surface area contributed by atoms with Gasteiger partial charge in [0.25, 0.3) is 5.91 Å². The number of hydrogen-bond acceptors (Lipinski definition) is 7. The van der Waals surface area contributed by atoms with E-state index in [2.05, 4.69) is 15.5 Å². The monoisotopic (exact) mass is 342 g/mol. The maximum atomic E-state index is 11.7. The molecule has 0 spiro atoms. The van der Waals surface area contributed by atoms with Gasteiger partial charge in [-0.2, -0.15) is 0 Å². The van der Waals surface area contributed by atoms with Gasteiger partial charge in [-0.25, -0.2) is 9.78 Å². The highest BCUT2D eigenvalue weighted by Crippen LogP contribution is 2.18. The van der Waals surface area contributed by atoms with Crippen molar-refractivity contribution in [3.63, 3.8) is 0 Å². The minimum absolute atomic E-state index is 0.0983. The molecule has 23 heavy (non-hydrogen) atoms. The number of anilines is 1. The van der Waals surface area contributed by atoms with E-state index in [9.17, 15) is 9.59 Å². The number of nitrogens with zero attached hydrogens (tertiary/aromatic N) is 2. The Labute approximate surface area is 139 Å². The average molecular weight is 342 g/mol. The number of primary amides is 1. The van der Waals surface area contributed by atoms with Gasteiger partial charge >= 0.3 is 6.09 Å². The van der Waals surface area contributed by atoms with Crippen LogP contribution in [-0.2, 0) is 14.4 Å². The zero-order chi connectivity index (χ0) is 17.6. The first-order chi connectivity index (χ1) is 10.6. The molecule has 8 nitrogen and oxygen atoms in total. The van der Waals surface area contributed by atoms with Gasteiger partial charge in [0, 0.05) is 5.38 Å². The van der Waals surface area contributed by atoms with E-state index >= 15 is 0 Å². The molecule has 1 atom stereocenters. The number of nitrogens with two attached hydrogens (primary N) is 1. The van der Waals surface area contributed by atoms with Gasteiger partial charge in [0.15, 0.2) is 10.8 Å². The fraction of sp³-hybridized carbons (Fsp3) is 0.571. The Morgan fingerprint density at radius 1 is 1.48 bits per heavy atom. The number of carbonyl (C=O) groups excluding carboxylic acids is 2. The van der Waals surface area contributed by atoms with Gasteiger partial charge in [-0.05, 0) is 34.1 Å². The Balaban J connectivity index is 2.83. The van der Waals surface area contributed by atoms with Gasteiger partial charge < -0.3 is 15.3 Å². The fourth-order valence-electron chi connectivity index (χ4n) is 1.27. The second-order valence-corrected chi connectivity index (χ2v) is 6.65. The molecule has 0 aliphatic heterocycles. The minimum atomic E-state index is -0.762. The molecule has 0 radical (unpaired) electrons. The van der Waals surface area contributed by atoms with E-state index < -0.39 is 17.6 Å². The summed E-state index contributed by atoms with van der Waals surface area (Å²) in [5, 5.41) is 8.07. The van der Waals surface area contributed by atoms with Gasteiger partial charge in [0.2, 0.25) is 0 Å². The lowest BCUT2D eigenvalue weighted by atomic mass is 10.2. The number of nitrogens with one attached hydrogen (secondary N) is 1. The van der Waals surface area contributed by atoms with Crippen LogP contribution in [0.15, 0.2) is 10.5 Å². The van der Waals surface area contributed by atoms with Crippen molar-refractivity contribution in [1.82, 2.24) is 4.98 Å². The molecular weight excluding hydrogens is 320 g/mol. The second kappa shape index (κ2) is 7.91. The van der Waals surface area contributed by atoms with Crippen molar-refractivity contribution < 1.29 is 19.2 Å². The van der Waals surface area contributed by atoms with Crippen LogP contribution in [0.4, 0.5) is 9.93 Å². The fourth-order valence-corrected chi connectivity index (χ4v) is 1.95. The number of aromatic nitrogens is 1. The Bertz CT molecular complexity index is 592. The van der Waals surface area contributed by atoms with Gasteiger partial charge in [-0.1, -0.05) is 12.1 Å². The van der Waals surface area contributed by atoms with Gasteiger partial charge in [-0.3, -0.25) is 10.1 Å². The molecule has 1 aromatic rings. The molecule has 9 heteroatoms. The van der Waals surface area contributed by atoms with E-state index in [1.165, 1.54) is 0 Å². The average Bonchev–Trinajstić information content (AvgIpc) is 2.84. The highest BCUT2D eigenvalue weighted by atomic mass is 32.1. The first-order valence-corrected chi connectivity index (χ1v) is 8.00.